The van der Waals surface area contributed by atoms with E-state index in [9.17, 15) is 0 Å². The van der Waals surface area contributed by atoms with Gasteiger partial charge in [-0.2, -0.15) is 5.01 Å². The molecule has 2 aliphatic carbocycles. The summed E-state index contributed by atoms with van der Waals surface area (Å²) in [4.78, 5) is 0. The van der Waals surface area contributed by atoms with E-state index in [1.807, 2.05) is 0 Å². The van der Waals surface area contributed by atoms with Gasteiger partial charge in [-0.15, -0.1) is 0 Å². The van der Waals surface area contributed by atoms with E-state index in [0.717, 1.165) is 10.5 Å². The van der Waals surface area contributed by atoms with Crippen molar-refractivity contribution in [2.24, 2.45) is 11.3 Å². The van der Waals surface area contributed by atoms with Crippen molar-refractivity contribution in [3.63, 3.8) is 0 Å². The number of rotatable bonds is 1. The summed E-state index contributed by atoms with van der Waals surface area (Å²) in [5.74, 6) is 0.795. The minimum atomic E-state index is 0.419. The van der Waals surface area contributed by atoms with Crippen LogP contribution in [0.2, 0.25) is 0 Å². The van der Waals surface area contributed by atoms with Crippen molar-refractivity contribution in [2.45, 2.75) is 13.3 Å². The van der Waals surface area contributed by atoms with Gasteiger partial charge in [0.25, 0.3) is 0 Å². The maximum atomic E-state index is 2.56. The van der Waals surface area contributed by atoms with Gasteiger partial charge in [0.2, 0.25) is 0 Å². The Morgan fingerprint density at radius 3 is 3.00 bits per heavy atom. The highest BCUT2D eigenvalue weighted by Gasteiger charge is 2.64. The Hall–Kier alpha value is -1.02. The molecule has 0 aromatic carbocycles. The lowest BCUT2D eigenvalue weighted by molar-refractivity contribution is -0.892. The van der Waals surface area contributed by atoms with E-state index in [2.05, 4.69) is 43.3 Å². The van der Waals surface area contributed by atoms with E-state index in [4.69, 9.17) is 0 Å². The Balaban J connectivity index is 1.85. The fourth-order valence-electron chi connectivity index (χ4n) is 3.39. The second kappa shape index (κ2) is 2.07. The number of likely N-dealkylation sites (N-methyl/N-ethyl adjacent to an activating group) is 1. The Bertz CT molecular complexity index is 439. The second-order valence-electron chi connectivity index (χ2n) is 5.67. The molecule has 4 rings (SSSR count). The van der Waals surface area contributed by atoms with Gasteiger partial charge < -0.3 is 0 Å². The molecule has 0 aromatic rings. The molecule has 2 heteroatoms. The highest BCUT2D eigenvalue weighted by atomic mass is 15.8. The third-order valence-electron chi connectivity index (χ3n) is 4.52. The Morgan fingerprint density at radius 1 is 1.47 bits per heavy atom. The molecule has 1 saturated heterocycles. The van der Waals surface area contributed by atoms with Gasteiger partial charge >= 0.3 is 0 Å². The third kappa shape index (κ3) is 0.809. The molecule has 78 valence electrons. The minimum absolute atomic E-state index is 0.419. The standard InChI is InChI=1S/C13H17N2/c1-10-8-13-9-11(13)4-3-5-12(13)14(10)15(2)6-7-15/h3-5,8,11H,6-7,9H2,1-2H3/q+1. The molecule has 0 aromatic heterocycles. The maximum absolute atomic E-state index is 2.56. The van der Waals surface area contributed by atoms with Gasteiger partial charge in [0.15, 0.2) is 13.1 Å². The third-order valence-corrected chi connectivity index (χ3v) is 4.52. The number of allylic oxidation sites excluding steroid dienone is 5. The van der Waals surface area contributed by atoms with Gasteiger partial charge in [0, 0.05) is 5.41 Å². The molecule has 0 bridgehead atoms. The Labute approximate surface area is 90.7 Å². The predicted molar refractivity (Wildman–Crippen MR) is 59.3 cm³/mol. The normalized spacial score (nSPS) is 43.1. The monoisotopic (exact) mass is 201 g/mol. The van der Waals surface area contributed by atoms with Crippen molar-refractivity contribution in [3.8, 4) is 0 Å². The van der Waals surface area contributed by atoms with Crippen LogP contribution >= 0.6 is 0 Å². The molecular formula is C13H17N2+. The summed E-state index contributed by atoms with van der Waals surface area (Å²) in [6.07, 6.45) is 10.8. The summed E-state index contributed by atoms with van der Waals surface area (Å²) < 4.78 is 1.11. The summed E-state index contributed by atoms with van der Waals surface area (Å²) in [6, 6.07) is 0. The highest BCUT2D eigenvalue weighted by molar-refractivity contribution is 5.46. The van der Waals surface area contributed by atoms with Gasteiger partial charge in [0.05, 0.1) is 18.4 Å². The Kier molecular flexibility index (Phi) is 1.13. The fraction of sp³-hybridized carbons (Fsp3) is 0.538. The molecule has 0 N–H and O–H groups in total. The molecule has 1 spiro atoms. The van der Waals surface area contributed by atoms with Gasteiger partial charge in [0.1, 0.15) is 0 Å². The van der Waals surface area contributed by atoms with Crippen LogP contribution in [0, 0.1) is 11.3 Å². The van der Waals surface area contributed by atoms with Crippen molar-refractivity contribution in [3.05, 3.63) is 35.7 Å². The summed E-state index contributed by atoms with van der Waals surface area (Å²) in [5.41, 5.74) is 3.45. The molecule has 2 unspecified atom stereocenters. The topological polar surface area (TPSA) is 3.24 Å². The minimum Gasteiger partial charge on any atom is -0.209 e. The van der Waals surface area contributed by atoms with Crippen LogP contribution in [0.4, 0.5) is 0 Å². The number of hydrogen-bond acceptors (Lipinski definition) is 1. The number of hydrogen-bond donors (Lipinski definition) is 0. The van der Waals surface area contributed by atoms with Gasteiger partial charge in [-0.3, -0.25) is 0 Å². The van der Waals surface area contributed by atoms with E-state index in [1.54, 1.807) is 5.70 Å². The van der Waals surface area contributed by atoms with Crippen LogP contribution in [0.15, 0.2) is 35.7 Å². The van der Waals surface area contributed by atoms with Gasteiger partial charge in [-0.25, -0.2) is 4.59 Å². The first kappa shape index (κ1) is 8.17. The van der Waals surface area contributed by atoms with Crippen molar-refractivity contribution < 1.29 is 4.59 Å². The van der Waals surface area contributed by atoms with Crippen LogP contribution < -0.4 is 0 Å². The van der Waals surface area contributed by atoms with Crippen LogP contribution in [-0.2, 0) is 0 Å². The van der Waals surface area contributed by atoms with Crippen LogP contribution in [0.3, 0.4) is 0 Å². The summed E-state index contributed by atoms with van der Waals surface area (Å²) in [7, 11) is 2.34. The van der Waals surface area contributed by atoms with Crippen molar-refractivity contribution in [2.75, 3.05) is 20.1 Å². The summed E-state index contributed by atoms with van der Waals surface area (Å²) in [5, 5.41) is 2.56. The molecule has 0 radical (unpaired) electrons. The summed E-state index contributed by atoms with van der Waals surface area (Å²) in [6.45, 7) is 4.87. The van der Waals surface area contributed by atoms with Crippen molar-refractivity contribution in [1.29, 1.82) is 0 Å². The van der Waals surface area contributed by atoms with Gasteiger partial charge in [-0.05, 0) is 31.4 Å². The molecular weight excluding hydrogens is 184 g/mol. The molecule has 4 aliphatic rings. The van der Waals surface area contributed by atoms with E-state index < -0.39 is 0 Å². The Morgan fingerprint density at radius 2 is 2.27 bits per heavy atom. The molecule has 2 fully saturated rings. The lowest BCUT2D eigenvalue weighted by atomic mass is 9.97. The SMILES string of the molecule is CC1=CC23CC2C=CC=C3N1[N+]1(C)CC1. The average molecular weight is 201 g/mol. The number of nitrogens with zero attached hydrogens (tertiary/aromatic N) is 2. The lowest BCUT2D eigenvalue weighted by Gasteiger charge is -2.30. The quantitative estimate of drug-likeness (QED) is 0.463. The first-order chi connectivity index (χ1) is 7.16. The van der Waals surface area contributed by atoms with Crippen LogP contribution in [0.1, 0.15) is 13.3 Å². The van der Waals surface area contributed by atoms with E-state index >= 15 is 0 Å². The van der Waals surface area contributed by atoms with Crippen LogP contribution in [-0.4, -0.2) is 29.7 Å². The van der Waals surface area contributed by atoms with Crippen molar-refractivity contribution in [1.82, 2.24) is 5.01 Å². The van der Waals surface area contributed by atoms with E-state index in [1.165, 1.54) is 25.2 Å². The highest BCUT2D eigenvalue weighted by Crippen LogP contribution is 2.66. The van der Waals surface area contributed by atoms with Crippen LogP contribution in [0.25, 0.3) is 0 Å². The van der Waals surface area contributed by atoms with E-state index in [0.29, 0.717) is 5.41 Å². The fourth-order valence-corrected chi connectivity index (χ4v) is 3.39. The zero-order chi connectivity index (χ0) is 10.3. The second-order valence-corrected chi connectivity index (χ2v) is 5.67. The van der Waals surface area contributed by atoms with Gasteiger partial charge in [-0.1, -0.05) is 12.2 Å². The summed E-state index contributed by atoms with van der Waals surface area (Å²) >= 11 is 0. The molecule has 0 amide bonds. The molecule has 15 heavy (non-hydrogen) atoms. The predicted octanol–water partition coefficient (Wildman–Crippen LogP) is 2.04. The average Bonchev–Trinajstić information content (AvgIpc) is 3.04. The first-order valence-electron chi connectivity index (χ1n) is 5.89. The molecule has 2 aliphatic heterocycles. The molecule has 2 heterocycles. The molecule has 2 nitrogen and oxygen atoms in total. The largest absolute Gasteiger partial charge is 0.209 e. The maximum Gasteiger partial charge on any atom is 0.153 e. The number of quaternary nitrogens is 1. The first-order valence-corrected chi connectivity index (χ1v) is 5.89. The zero-order valence-electron chi connectivity index (χ0n) is 9.40. The molecule has 1 saturated carbocycles. The zero-order valence-corrected chi connectivity index (χ0v) is 9.40. The lowest BCUT2D eigenvalue weighted by Crippen LogP contribution is -2.39. The van der Waals surface area contributed by atoms with Crippen LogP contribution in [0.5, 0.6) is 0 Å². The molecule has 2 atom stereocenters. The van der Waals surface area contributed by atoms with E-state index in [-0.39, 0.29) is 0 Å². The van der Waals surface area contributed by atoms with Crippen molar-refractivity contribution >= 4 is 0 Å². The smallest absolute Gasteiger partial charge is 0.153 e.